The van der Waals surface area contributed by atoms with Crippen LogP contribution >= 0.6 is 35.3 Å². The van der Waals surface area contributed by atoms with Gasteiger partial charge in [0.05, 0.1) is 13.2 Å². The Hall–Kier alpha value is -1.03. The van der Waals surface area contributed by atoms with Crippen molar-refractivity contribution in [1.29, 1.82) is 0 Å². The fraction of sp³-hybridized carbons (Fsp3) is 0.625. The lowest BCUT2D eigenvalue weighted by atomic mass is 10.1. The summed E-state index contributed by atoms with van der Waals surface area (Å²) < 4.78 is 5.05. The summed E-state index contributed by atoms with van der Waals surface area (Å²) >= 11 is 1.72. The van der Waals surface area contributed by atoms with E-state index in [2.05, 4.69) is 34.0 Å². The van der Waals surface area contributed by atoms with Gasteiger partial charge in [-0.25, -0.2) is 9.79 Å². The van der Waals surface area contributed by atoms with Crippen molar-refractivity contribution in [3.8, 4) is 0 Å². The number of halogens is 1. The average Bonchev–Trinajstić information content (AvgIpc) is 3.07. The van der Waals surface area contributed by atoms with Crippen LogP contribution in [-0.2, 0) is 11.3 Å². The van der Waals surface area contributed by atoms with Crippen LogP contribution in [0.15, 0.2) is 22.5 Å². The Morgan fingerprint density at radius 3 is 2.75 bits per heavy atom. The van der Waals surface area contributed by atoms with E-state index in [0.717, 1.165) is 38.4 Å². The molecule has 0 saturated carbocycles. The molecule has 1 aliphatic heterocycles. The number of thiophene rings is 1. The Bertz CT molecular complexity index is 502. The molecule has 0 aromatic carbocycles. The highest BCUT2D eigenvalue weighted by atomic mass is 127. The van der Waals surface area contributed by atoms with E-state index in [0.29, 0.717) is 19.2 Å². The first-order chi connectivity index (χ1) is 11.2. The molecule has 0 unspecified atom stereocenters. The molecule has 1 saturated heterocycles. The number of hydrogen-bond acceptors (Lipinski definition) is 4. The van der Waals surface area contributed by atoms with Crippen LogP contribution in [0.25, 0.3) is 0 Å². The summed E-state index contributed by atoms with van der Waals surface area (Å²) in [5, 5.41) is 8.83. The van der Waals surface area contributed by atoms with Crippen LogP contribution in [0.5, 0.6) is 0 Å². The van der Waals surface area contributed by atoms with E-state index in [-0.39, 0.29) is 30.1 Å². The number of ether oxygens (including phenoxy) is 1. The van der Waals surface area contributed by atoms with Crippen LogP contribution < -0.4 is 10.6 Å². The number of carbonyl (C=O) groups excluding carboxylic acids is 1. The predicted molar refractivity (Wildman–Crippen MR) is 109 cm³/mol. The van der Waals surface area contributed by atoms with Crippen LogP contribution in [0.3, 0.4) is 0 Å². The van der Waals surface area contributed by atoms with Gasteiger partial charge >= 0.3 is 6.09 Å². The van der Waals surface area contributed by atoms with Gasteiger partial charge in [0, 0.05) is 30.6 Å². The summed E-state index contributed by atoms with van der Waals surface area (Å²) in [5.41, 5.74) is 0. The van der Waals surface area contributed by atoms with E-state index in [9.17, 15) is 4.79 Å². The summed E-state index contributed by atoms with van der Waals surface area (Å²) in [4.78, 5) is 19.4. The molecule has 0 atom stereocenters. The molecule has 0 bridgehead atoms. The zero-order valence-electron chi connectivity index (χ0n) is 14.3. The first-order valence-electron chi connectivity index (χ1n) is 8.21. The highest BCUT2D eigenvalue weighted by molar-refractivity contribution is 14.0. The van der Waals surface area contributed by atoms with Crippen LogP contribution in [0.1, 0.15) is 31.6 Å². The van der Waals surface area contributed by atoms with Crippen molar-refractivity contribution in [2.75, 3.05) is 26.2 Å². The number of piperidine rings is 1. The molecule has 0 aliphatic carbocycles. The molecule has 8 heteroatoms. The van der Waals surface area contributed by atoms with E-state index >= 15 is 0 Å². The highest BCUT2D eigenvalue weighted by Crippen LogP contribution is 2.12. The largest absolute Gasteiger partial charge is 0.450 e. The summed E-state index contributed by atoms with van der Waals surface area (Å²) in [6.07, 6.45) is 1.61. The summed E-state index contributed by atoms with van der Waals surface area (Å²) in [7, 11) is 0. The Morgan fingerprint density at radius 1 is 1.42 bits per heavy atom. The van der Waals surface area contributed by atoms with Crippen LogP contribution in [0.4, 0.5) is 4.79 Å². The normalized spacial score (nSPS) is 15.6. The van der Waals surface area contributed by atoms with Gasteiger partial charge < -0.3 is 20.3 Å². The number of aliphatic imine (C=N–C) groups is 1. The molecule has 2 rings (SSSR count). The number of carbonyl (C=O) groups is 1. The number of likely N-dealkylation sites (tertiary alicyclic amines) is 1. The Kier molecular flexibility index (Phi) is 10.1. The number of nitrogens with one attached hydrogen (secondary N) is 2. The summed E-state index contributed by atoms with van der Waals surface area (Å²) in [6, 6.07) is 4.47. The van der Waals surface area contributed by atoms with Crippen LogP contribution in [-0.4, -0.2) is 49.2 Å². The number of guanidine groups is 1. The molecule has 1 aromatic rings. The lowest BCUT2D eigenvalue weighted by Gasteiger charge is -2.32. The van der Waals surface area contributed by atoms with Crippen molar-refractivity contribution in [3.63, 3.8) is 0 Å². The van der Waals surface area contributed by atoms with Crippen LogP contribution in [0.2, 0.25) is 0 Å². The van der Waals surface area contributed by atoms with E-state index < -0.39 is 0 Å². The van der Waals surface area contributed by atoms with E-state index in [1.54, 1.807) is 16.2 Å². The van der Waals surface area contributed by atoms with Crippen molar-refractivity contribution in [3.05, 3.63) is 22.4 Å². The zero-order chi connectivity index (χ0) is 16.5. The van der Waals surface area contributed by atoms with Gasteiger partial charge in [-0.1, -0.05) is 6.07 Å². The second-order valence-corrected chi connectivity index (χ2v) is 6.41. The van der Waals surface area contributed by atoms with Gasteiger partial charge in [0.1, 0.15) is 0 Å². The molecule has 1 aromatic heterocycles. The van der Waals surface area contributed by atoms with Gasteiger partial charge in [-0.2, -0.15) is 0 Å². The molecule has 136 valence electrons. The van der Waals surface area contributed by atoms with Crippen LogP contribution in [0, 0.1) is 0 Å². The molecular formula is C16H27IN4O2S. The molecule has 1 fully saturated rings. The van der Waals surface area contributed by atoms with Gasteiger partial charge in [0.2, 0.25) is 0 Å². The molecule has 2 N–H and O–H groups in total. The molecule has 24 heavy (non-hydrogen) atoms. The van der Waals surface area contributed by atoms with Crippen molar-refractivity contribution in [2.24, 2.45) is 4.99 Å². The highest BCUT2D eigenvalue weighted by Gasteiger charge is 2.23. The van der Waals surface area contributed by atoms with Gasteiger partial charge in [-0.15, -0.1) is 35.3 Å². The molecule has 0 spiro atoms. The maximum atomic E-state index is 11.7. The van der Waals surface area contributed by atoms with Crippen molar-refractivity contribution in [2.45, 2.75) is 39.3 Å². The first-order valence-corrected chi connectivity index (χ1v) is 9.09. The Labute approximate surface area is 165 Å². The smallest absolute Gasteiger partial charge is 0.409 e. The maximum absolute atomic E-state index is 11.7. The predicted octanol–water partition coefficient (Wildman–Crippen LogP) is 3.04. The molecule has 0 radical (unpaired) electrons. The Morgan fingerprint density at radius 2 is 2.17 bits per heavy atom. The third-order valence-corrected chi connectivity index (χ3v) is 4.54. The molecule has 1 aliphatic rings. The van der Waals surface area contributed by atoms with Gasteiger partial charge in [0.25, 0.3) is 0 Å². The summed E-state index contributed by atoms with van der Waals surface area (Å²) in [5.74, 6) is 0.843. The average molecular weight is 466 g/mol. The molecule has 1 amide bonds. The maximum Gasteiger partial charge on any atom is 0.409 e. The van der Waals surface area contributed by atoms with Gasteiger partial charge in [-0.05, 0) is 38.1 Å². The van der Waals surface area contributed by atoms with Crippen molar-refractivity contribution >= 4 is 47.4 Å². The lowest BCUT2D eigenvalue weighted by molar-refractivity contribution is 0.0963. The third-order valence-electron chi connectivity index (χ3n) is 3.68. The zero-order valence-corrected chi connectivity index (χ0v) is 17.4. The molecule has 2 heterocycles. The minimum Gasteiger partial charge on any atom is -0.450 e. The number of rotatable bonds is 5. The first kappa shape index (κ1) is 21.0. The summed E-state index contributed by atoms with van der Waals surface area (Å²) in [6.45, 7) is 7.29. The topological polar surface area (TPSA) is 66.0 Å². The van der Waals surface area contributed by atoms with Gasteiger partial charge in [0.15, 0.2) is 5.96 Å². The molecular weight excluding hydrogens is 439 g/mol. The number of amides is 1. The monoisotopic (exact) mass is 466 g/mol. The van der Waals surface area contributed by atoms with E-state index in [1.165, 1.54) is 4.88 Å². The van der Waals surface area contributed by atoms with E-state index in [1.807, 2.05) is 13.0 Å². The fourth-order valence-corrected chi connectivity index (χ4v) is 3.12. The minimum atomic E-state index is -0.204. The second-order valence-electron chi connectivity index (χ2n) is 5.38. The lowest BCUT2D eigenvalue weighted by Crippen LogP contribution is -2.49. The third kappa shape index (κ3) is 6.84. The number of nitrogens with zero attached hydrogens (tertiary/aromatic N) is 2. The SMILES string of the molecule is CCNC(=NCc1cccs1)NC1CCN(C(=O)OCC)CC1.I. The quantitative estimate of drug-likeness (QED) is 0.398. The molecule has 6 nitrogen and oxygen atoms in total. The Balaban J connectivity index is 0.00000288. The fourth-order valence-electron chi connectivity index (χ4n) is 2.49. The standard InChI is InChI=1S/C16H26N4O2S.HI/c1-3-17-15(18-12-14-6-5-11-23-14)19-13-7-9-20(10-8-13)16(21)22-4-2;/h5-6,11,13H,3-4,7-10,12H2,1-2H3,(H2,17,18,19);1H. The van der Waals surface area contributed by atoms with Crippen molar-refractivity contribution in [1.82, 2.24) is 15.5 Å². The van der Waals surface area contributed by atoms with Crippen molar-refractivity contribution < 1.29 is 9.53 Å². The van der Waals surface area contributed by atoms with Gasteiger partial charge in [-0.3, -0.25) is 0 Å². The number of hydrogen-bond donors (Lipinski definition) is 2. The second kappa shape index (κ2) is 11.5. The van der Waals surface area contributed by atoms with E-state index in [4.69, 9.17) is 4.74 Å². The minimum absolute atomic E-state index is 0.